The first kappa shape index (κ1) is 65.8. The van der Waals surface area contributed by atoms with Crippen LogP contribution in [0.2, 0.25) is 0 Å². The Labute approximate surface area is 431 Å². The van der Waals surface area contributed by atoms with Crippen molar-refractivity contribution in [1.82, 2.24) is 0 Å². The molecule has 1 unspecified atom stereocenters. The molecule has 0 saturated carbocycles. The fourth-order valence-electron chi connectivity index (χ4n) is 7.44. The van der Waals surface area contributed by atoms with Crippen molar-refractivity contribution in [2.75, 3.05) is 13.2 Å². The number of aliphatic hydroxyl groups is 1. The molecule has 0 fully saturated rings. The van der Waals surface area contributed by atoms with E-state index in [2.05, 4.69) is 160 Å². The number of aliphatic hydroxyl groups excluding tert-OH is 1. The van der Waals surface area contributed by atoms with Gasteiger partial charge in [0.15, 0.2) is 6.10 Å². The Kier molecular flexibility index (Phi) is 55.5. The van der Waals surface area contributed by atoms with Gasteiger partial charge in [0, 0.05) is 12.8 Å². The highest BCUT2D eigenvalue weighted by Gasteiger charge is 2.16. The lowest BCUT2D eigenvalue weighted by molar-refractivity contribution is -0.161. The zero-order chi connectivity index (χ0) is 50.6. The third-order valence-electron chi connectivity index (χ3n) is 11.6. The van der Waals surface area contributed by atoms with E-state index in [4.69, 9.17) is 9.47 Å². The molecular formula is C65H104O5. The van der Waals surface area contributed by atoms with Crippen LogP contribution in [0.5, 0.6) is 0 Å². The van der Waals surface area contributed by atoms with Gasteiger partial charge in [0.05, 0.1) is 6.61 Å². The van der Waals surface area contributed by atoms with Gasteiger partial charge in [-0.1, -0.05) is 250 Å². The molecule has 0 bridgehead atoms. The van der Waals surface area contributed by atoms with Crippen LogP contribution in [0.1, 0.15) is 232 Å². The van der Waals surface area contributed by atoms with E-state index in [0.717, 1.165) is 116 Å². The molecule has 0 aliphatic rings. The van der Waals surface area contributed by atoms with E-state index in [1.165, 1.54) is 89.9 Å². The van der Waals surface area contributed by atoms with Gasteiger partial charge in [0.2, 0.25) is 0 Å². The number of ether oxygens (including phenoxy) is 2. The number of carbonyl (C=O) groups excluding carboxylic acids is 2. The van der Waals surface area contributed by atoms with E-state index in [1.807, 2.05) is 0 Å². The molecule has 0 amide bonds. The molecule has 394 valence electrons. The Morgan fingerprint density at radius 1 is 0.329 bits per heavy atom. The maximum atomic E-state index is 12.3. The van der Waals surface area contributed by atoms with Crippen LogP contribution in [0.4, 0.5) is 0 Å². The van der Waals surface area contributed by atoms with Crippen molar-refractivity contribution in [2.45, 2.75) is 238 Å². The average Bonchev–Trinajstić information content (AvgIpc) is 3.36. The predicted octanol–water partition coefficient (Wildman–Crippen LogP) is 19.4. The lowest BCUT2D eigenvalue weighted by Crippen LogP contribution is -2.28. The lowest BCUT2D eigenvalue weighted by atomic mass is 10.0. The van der Waals surface area contributed by atoms with Crippen LogP contribution in [0.25, 0.3) is 0 Å². The van der Waals surface area contributed by atoms with Crippen molar-refractivity contribution in [3.63, 3.8) is 0 Å². The molecule has 0 aliphatic heterocycles. The zero-order valence-corrected chi connectivity index (χ0v) is 45.0. The van der Waals surface area contributed by atoms with Gasteiger partial charge in [-0.2, -0.15) is 0 Å². The van der Waals surface area contributed by atoms with E-state index in [1.54, 1.807) is 0 Å². The standard InChI is InChI=1S/C65H104O5/c1-3-5-7-9-11-13-15-17-19-21-23-25-26-27-28-29-30-31-32-33-34-35-36-37-38-40-42-44-46-48-50-52-54-56-58-60-65(68)70-63(61-66)62-69-64(67)59-57-55-53-51-49-47-45-43-41-39-24-22-20-18-16-14-12-10-8-6-4-2/h5-8,11-14,17-20,23-25,27-28,30-31,39,43,45,49,51,63,66H,3-4,9-10,15-16,21-22,26,29,32-38,40-42,44,46-48,50,52-62H2,1-2H3/b7-5-,8-6-,13-11-,14-12-,19-17-,20-18-,25-23-,28-27-,31-30-,39-24-,45-43-,51-49-. The van der Waals surface area contributed by atoms with Gasteiger partial charge in [-0.05, 0) is 116 Å². The lowest BCUT2D eigenvalue weighted by Gasteiger charge is -2.15. The third-order valence-corrected chi connectivity index (χ3v) is 11.6. The largest absolute Gasteiger partial charge is 0.462 e. The summed E-state index contributed by atoms with van der Waals surface area (Å²) in [6.07, 6.45) is 89.6. The van der Waals surface area contributed by atoms with E-state index in [0.29, 0.717) is 12.8 Å². The molecule has 0 aromatic carbocycles. The second-order valence-corrected chi connectivity index (χ2v) is 18.2. The van der Waals surface area contributed by atoms with Crippen molar-refractivity contribution in [2.24, 2.45) is 0 Å². The minimum absolute atomic E-state index is 0.0962. The summed E-state index contributed by atoms with van der Waals surface area (Å²) in [5, 5.41) is 9.65. The quantitative estimate of drug-likeness (QED) is 0.0374. The van der Waals surface area contributed by atoms with Gasteiger partial charge in [-0.15, -0.1) is 0 Å². The minimum Gasteiger partial charge on any atom is -0.462 e. The number of hydrogen-bond acceptors (Lipinski definition) is 5. The third kappa shape index (κ3) is 56.4. The number of carbonyl (C=O) groups is 2. The molecule has 5 heteroatoms. The molecule has 0 heterocycles. The highest BCUT2D eigenvalue weighted by atomic mass is 16.6. The van der Waals surface area contributed by atoms with E-state index >= 15 is 0 Å². The smallest absolute Gasteiger partial charge is 0.306 e. The molecular weight excluding hydrogens is 861 g/mol. The Bertz CT molecular complexity index is 1510. The molecule has 0 aliphatic carbocycles. The predicted molar refractivity (Wildman–Crippen MR) is 306 cm³/mol. The Morgan fingerprint density at radius 2 is 0.571 bits per heavy atom. The molecule has 1 N–H and O–H groups in total. The summed E-state index contributed by atoms with van der Waals surface area (Å²) >= 11 is 0. The summed E-state index contributed by atoms with van der Waals surface area (Å²) in [6, 6.07) is 0. The molecule has 0 spiro atoms. The summed E-state index contributed by atoms with van der Waals surface area (Å²) in [5.41, 5.74) is 0. The number of allylic oxidation sites excluding steroid dienone is 24. The molecule has 0 aromatic heterocycles. The van der Waals surface area contributed by atoms with Crippen LogP contribution in [-0.4, -0.2) is 36.4 Å². The average molecular weight is 966 g/mol. The molecule has 0 saturated heterocycles. The Morgan fingerprint density at radius 3 is 0.886 bits per heavy atom. The van der Waals surface area contributed by atoms with Gasteiger partial charge >= 0.3 is 11.9 Å². The first-order valence-corrected chi connectivity index (χ1v) is 28.4. The minimum atomic E-state index is -0.800. The number of rotatable bonds is 50. The van der Waals surface area contributed by atoms with Crippen LogP contribution in [0.15, 0.2) is 146 Å². The van der Waals surface area contributed by atoms with Crippen LogP contribution >= 0.6 is 0 Å². The summed E-state index contributed by atoms with van der Waals surface area (Å²) in [4.78, 5) is 24.5. The summed E-state index contributed by atoms with van der Waals surface area (Å²) in [6.45, 7) is 3.87. The second kappa shape index (κ2) is 59.1. The van der Waals surface area contributed by atoms with Gasteiger partial charge in [-0.3, -0.25) is 9.59 Å². The van der Waals surface area contributed by atoms with Crippen LogP contribution in [0, 0.1) is 0 Å². The highest BCUT2D eigenvalue weighted by molar-refractivity contribution is 5.70. The number of hydrogen-bond donors (Lipinski definition) is 1. The van der Waals surface area contributed by atoms with Crippen molar-refractivity contribution in [3.05, 3.63) is 146 Å². The normalized spacial score (nSPS) is 13.4. The maximum absolute atomic E-state index is 12.3. The molecule has 5 nitrogen and oxygen atoms in total. The van der Waals surface area contributed by atoms with E-state index in [-0.39, 0.29) is 25.2 Å². The van der Waals surface area contributed by atoms with Crippen molar-refractivity contribution < 1.29 is 24.2 Å². The maximum Gasteiger partial charge on any atom is 0.306 e. The summed E-state index contributed by atoms with van der Waals surface area (Å²) in [7, 11) is 0. The molecule has 0 radical (unpaired) electrons. The van der Waals surface area contributed by atoms with Gasteiger partial charge in [-0.25, -0.2) is 0 Å². The topological polar surface area (TPSA) is 72.8 Å². The van der Waals surface area contributed by atoms with Crippen molar-refractivity contribution in [3.8, 4) is 0 Å². The fraction of sp³-hybridized carbons (Fsp3) is 0.600. The number of unbranched alkanes of at least 4 members (excludes halogenated alkanes) is 18. The monoisotopic (exact) mass is 965 g/mol. The van der Waals surface area contributed by atoms with Gasteiger partial charge < -0.3 is 14.6 Å². The summed E-state index contributed by atoms with van der Waals surface area (Å²) < 4.78 is 10.7. The van der Waals surface area contributed by atoms with Crippen molar-refractivity contribution in [1.29, 1.82) is 0 Å². The summed E-state index contributed by atoms with van der Waals surface area (Å²) in [5.74, 6) is -0.647. The van der Waals surface area contributed by atoms with Crippen molar-refractivity contribution >= 4 is 11.9 Å². The second-order valence-electron chi connectivity index (χ2n) is 18.2. The fourth-order valence-corrected chi connectivity index (χ4v) is 7.44. The SMILES string of the molecule is CC/C=C\C/C=C\C/C=C\C/C=C\C/C=C\C/C=C\CCCCCCCCCCCCCCCCCCC(=O)OC(CO)COC(=O)CCCC/C=C\C/C=C\C/C=C\C/C=C\C/C=C\C/C=C\CC. The van der Waals surface area contributed by atoms with E-state index in [9.17, 15) is 14.7 Å². The van der Waals surface area contributed by atoms with Crippen LogP contribution < -0.4 is 0 Å². The van der Waals surface area contributed by atoms with Crippen LogP contribution in [0.3, 0.4) is 0 Å². The first-order chi connectivity index (χ1) is 34.6. The Balaban J connectivity index is 3.57. The van der Waals surface area contributed by atoms with Gasteiger partial charge in [0.1, 0.15) is 6.61 Å². The van der Waals surface area contributed by atoms with Crippen LogP contribution in [-0.2, 0) is 19.1 Å². The molecule has 0 aromatic rings. The molecule has 70 heavy (non-hydrogen) atoms. The van der Waals surface area contributed by atoms with Gasteiger partial charge in [0.25, 0.3) is 0 Å². The zero-order valence-electron chi connectivity index (χ0n) is 45.0. The molecule has 1 atom stereocenters. The number of esters is 2. The highest BCUT2D eigenvalue weighted by Crippen LogP contribution is 2.15. The first-order valence-electron chi connectivity index (χ1n) is 28.4. The van der Waals surface area contributed by atoms with E-state index < -0.39 is 6.10 Å². The Hall–Kier alpha value is -4.22. The molecule has 0 rings (SSSR count).